The molecule has 2 aromatic carbocycles. The van der Waals surface area contributed by atoms with Crippen LogP contribution in [0, 0.1) is 0 Å². The van der Waals surface area contributed by atoms with Crippen molar-refractivity contribution in [1.82, 2.24) is 0 Å². The van der Waals surface area contributed by atoms with E-state index in [0.29, 0.717) is 6.42 Å². The third-order valence-corrected chi connectivity index (χ3v) is 5.66. The Kier molecular flexibility index (Phi) is 4.18. The predicted octanol–water partition coefficient (Wildman–Crippen LogP) is 4.84. The van der Waals surface area contributed by atoms with Gasteiger partial charge in [-0.3, -0.25) is 4.79 Å². The number of nitrogens with zero attached hydrogens (tertiary/aromatic N) is 1. The SMILES string of the molecule is CN1C(=O)CCc2cc(C(Br)c3ccccc3Br)ccc21. The van der Waals surface area contributed by atoms with Gasteiger partial charge in [-0.05, 0) is 35.2 Å². The Morgan fingerprint density at radius 3 is 2.67 bits per heavy atom. The molecule has 0 saturated heterocycles. The fourth-order valence-corrected chi connectivity index (χ4v) is 4.20. The van der Waals surface area contributed by atoms with Crippen molar-refractivity contribution in [2.24, 2.45) is 0 Å². The summed E-state index contributed by atoms with van der Waals surface area (Å²) in [6, 6.07) is 14.6. The normalized spacial score (nSPS) is 15.8. The maximum Gasteiger partial charge on any atom is 0.227 e. The zero-order valence-corrected chi connectivity index (χ0v) is 14.8. The van der Waals surface area contributed by atoms with Crippen molar-refractivity contribution in [3.05, 3.63) is 63.6 Å². The highest BCUT2D eigenvalue weighted by molar-refractivity contribution is 9.11. The number of anilines is 1. The smallest absolute Gasteiger partial charge is 0.227 e. The van der Waals surface area contributed by atoms with Crippen LogP contribution in [0.25, 0.3) is 0 Å². The fraction of sp³-hybridized carbons (Fsp3) is 0.235. The number of hydrogen-bond donors (Lipinski definition) is 0. The van der Waals surface area contributed by atoms with Crippen LogP contribution in [0.2, 0.25) is 0 Å². The van der Waals surface area contributed by atoms with Gasteiger partial charge in [-0.1, -0.05) is 62.2 Å². The van der Waals surface area contributed by atoms with E-state index in [-0.39, 0.29) is 10.7 Å². The van der Waals surface area contributed by atoms with E-state index < -0.39 is 0 Å². The highest BCUT2D eigenvalue weighted by atomic mass is 79.9. The van der Waals surface area contributed by atoms with E-state index in [1.165, 1.54) is 16.7 Å². The van der Waals surface area contributed by atoms with Gasteiger partial charge in [0.2, 0.25) is 5.91 Å². The molecule has 0 fully saturated rings. The Morgan fingerprint density at radius 2 is 1.90 bits per heavy atom. The number of carbonyl (C=O) groups excluding carboxylic acids is 1. The molecule has 2 nitrogen and oxygen atoms in total. The van der Waals surface area contributed by atoms with Crippen molar-refractivity contribution in [2.75, 3.05) is 11.9 Å². The van der Waals surface area contributed by atoms with Gasteiger partial charge in [0.25, 0.3) is 0 Å². The van der Waals surface area contributed by atoms with Crippen molar-refractivity contribution < 1.29 is 4.79 Å². The van der Waals surface area contributed by atoms with Crippen LogP contribution in [0.15, 0.2) is 46.9 Å². The summed E-state index contributed by atoms with van der Waals surface area (Å²) in [5.74, 6) is 0.191. The van der Waals surface area contributed by atoms with Gasteiger partial charge >= 0.3 is 0 Å². The van der Waals surface area contributed by atoms with Gasteiger partial charge in [0.1, 0.15) is 0 Å². The number of rotatable bonds is 2. The van der Waals surface area contributed by atoms with Crippen molar-refractivity contribution in [2.45, 2.75) is 17.7 Å². The van der Waals surface area contributed by atoms with Crippen LogP contribution < -0.4 is 4.90 Å². The molecule has 2 aromatic rings. The lowest BCUT2D eigenvalue weighted by atomic mass is 9.96. The van der Waals surface area contributed by atoms with E-state index in [1.807, 2.05) is 25.2 Å². The minimum absolute atomic E-state index is 0.140. The molecule has 1 unspecified atom stereocenters. The van der Waals surface area contributed by atoms with Crippen LogP contribution >= 0.6 is 31.9 Å². The summed E-state index contributed by atoms with van der Waals surface area (Å²) in [6.45, 7) is 0. The molecule has 0 aromatic heterocycles. The molecule has 1 heterocycles. The number of amides is 1. The summed E-state index contributed by atoms with van der Waals surface area (Å²) in [6.07, 6.45) is 1.41. The molecule has 4 heteroatoms. The first kappa shape index (κ1) is 14.8. The van der Waals surface area contributed by atoms with Gasteiger partial charge in [-0.25, -0.2) is 0 Å². The molecule has 3 rings (SSSR count). The molecule has 1 aliphatic heterocycles. The fourth-order valence-electron chi connectivity index (χ4n) is 2.69. The molecular formula is C17H15Br2NO. The Morgan fingerprint density at radius 1 is 1.14 bits per heavy atom. The molecule has 108 valence electrons. The van der Waals surface area contributed by atoms with Gasteiger partial charge in [-0.2, -0.15) is 0 Å². The standard InChI is InChI=1S/C17H15Br2NO/c1-20-15-8-6-12(10-11(15)7-9-16(20)21)17(19)13-4-2-3-5-14(13)18/h2-6,8,10,17H,7,9H2,1H3. The first-order valence-corrected chi connectivity index (χ1v) is 8.56. The van der Waals surface area contributed by atoms with Crippen LogP contribution in [0.5, 0.6) is 0 Å². The third kappa shape index (κ3) is 2.79. The molecule has 21 heavy (non-hydrogen) atoms. The summed E-state index contributed by atoms with van der Waals surface area (Å²) < 4.78 is 1.09. The molecule has 0 bridgehead atoms. The van der Waals surface area contributed by atoms with Crippen LogP contribution in [-0.4, -0.2) is 13.0 Å². The summed E-state index contributed by atoms with van der Waals surface area (Å²) in [5, 5.41) is 0. The first-order valence-electron chi connectivity index (χ1n) is 6.86. The van der Waals surface area contributed by atoms with Crippen molar-refractivity contribution in [1.29, 1.82) is 0 Å². The largest absolute Gasteiger partial charge is 0.315 e. The van der Waals surface area contributed by atoms with E-state index in [9.17, 15) is 4.79 Å². The average Bonchev–Trinajstić information content (AvgIpc) is 2.50. The van der Waals surface area contributed by atoms with E-state index in [1.54, 1.807) is 4.90 Å². The maximum atomic E-state index is 11.8. The van der Waals surface area contributed by atoms with Crippen molar-refractivity contribution in [3.63, 3.8) is 0 Å². The lowest BCUT2D eigenvalue weighted by Crippen LogP contribution is -2.31. The number of fused-ring (bicyclic) bond motifs is 1. The molecule has 1 amide bonds. The van der Waals surface area contributed by atoms with Crippen LogP contribution in [0.3, 0.4) is 0 Å². The summed E-state index contributed by atoms with van der Waals surface area (Å²) in [4.78, 5) is 13.6. The van der Waals surface area contributed by atoms with Crippen LogP contribution in [0.4, 0.5) is 5.69 Å². The summed E-state index contributed by atoms with van der Waals surface area (Å²) in [5.41, 5.74) is 4.69. The summed E-state index contributed by atoms with van der Waals surface area (Å²) in [7, 11) is 1.85. The predicted molar refractivity (Wildman–Crippen MR) is 93.1 cm³/mol. The van der Waals surface area contributed by atoms with Crippen molar-refractivity contribution >= 4 is 43.5 Å². The number of hydrogen-bond acceptors (Lipinski definition) is 1. The highest BCUT2D eigenvalue weighted by Crippen LogP contribution is 2.38. The second-order valence-corrected chi connectivity index (χ2v) is 6.99. The molecule has 1 aliphatic rings. The Labute approximate surface area is 141 Å². The minimum atomic E-state index is 0.140. The molecule has 0 saturated carbocycles. The van der Waals surface area contributed by atoms with Crippen LogP contribution in [0.1, 0.15) is 27.9 Å². The van der Waals surface area contributed by atoms with E-state index >= 15 is 0 Å². The van der Waals surface area contributed by atoms with Gasteiger partial charge in [0.15, 0.2) is 0 Å². The minimum Gasteiger partial charge on any atom is -0.315 e. The average molecular weight is 409 g/mol. The van der Waals surface area contributed by atoms with Gasteiger partial charge < -0.3 is 4.90 Å². The molecule has 0 radical (unpaired) electrons. The number of aryl methyl sites for hydroxylation is 1. The van der Waals surface area contributed by atoms with Gasteiger partial charge in [0, 0.05) is 23.6 Å². The molecular weight excluding hydrogens is 394 g/mol. The molecule has 0 aliphatic carbocycles. The zero-order chi connectivity index (χ0) is 15.0. The second kappa shape index (κ2) is 5.93. The maximum absolute atomic E-state index is 11.8. The topological polar surface area (TPSA) is 20.3 Å². The quantitative estimate of drug-likeness (QED) is 0.651. The third-order valence-electron chi connectivity index (χ3n) is 3.92. The molecule has 0 spiro atoms. The summed E-state index contributed by atoms with van der Waals surface area (Å²) >= 11 is 7.39. The van der Waals surface area contributed by atoms with E-state index in [2.05, 4.69) is 56.1 Å². The first-order chi connectivity index (χ1) is 10.1. The number of carbonyl (C=O) groups is 1. The van der Waals surface area contributed by atoms with E-state index in [0.717, 1.165) is 16.6 Å². The van der Waals surface area contributed by atoms with Crippen molar-refractivity contribution in [3.8, 4) is 0 Å². The van der Waals surface area contributed by atoms with E-state index in [4.69, 9.17) is 0 Å². The lowest BCUT2D eigenvalue weighted by Gasteiger charge is -2.26. The van der Waals surface area contributed by atoms with Gasteiger partial charge in [0.05, 0.1) is 4.83 Å². The Balaban J connectivity index is 1.98. The molecule has 1 atom stereocenters. The Hall–Kier alpha value is -1.13. The lowest BCUT2D eigenvalue weighted by molar-refractivity contribution is -0.118. The number of alkyl halides is 1. The highest BCUT2D eigenvalue weighted by Gasteiger charge is 2.22. The second-order valence-electron chi connectivity index (χ2n) is 5.22. The Bertz CT molecular complexity index is 699. The number of halogens is 2. The van der Waals surface area contributed by atoms with Crippen LogP contribution in [-0.2, 0) is 11.2 Å². The zero-order valence-electron chi connectivity index (χ0n) is 11.6. The molecule has 0 N–H and O–H groups in total. The van der Waals surface area contributed by atoms with Gasteiger partial charge in [-0.15, -0.1) is 0 Å². The monoisotopic (exact) mass is 407 g/mol. The number of benzene rings is 2.